The summed E-state index contributed by atoms with van der Waals surface area (Å²) in [7, 11) is 1.85. The standard InChI is InChI=1S/C20H27N3O2/c1-23-19(16-9-3-2-4-10-16)17(14-22-23)20(25)21-13-7-11-15-8-5-6-12-18(15)24/h2-4,9-10,14-15,18,24H,5-8,11-13H2,1H3,(H,21,25). The molecule has 1 saturated carbocycles. The van der Waals surface area contributed by atoms with E-state index in [0.717, 1.165) is 43.4 Å². The summed E-state index contributed by atoms with van der Waals surface area (Å²) in [5.41, 5.74) is 2.42. The fourth-order valence-electron chi connectivity index (χ4n) is 3.73. The molecule has 2 unspecified atom stereocenters. The van der Waals surface area contributed by atoms with Gasteiger partial charge in [-0.1, -0.05) is 43.2 Å². The predicted octanol–water partition coefficient (Wildman–Crippen LogP) is 3.15. The van der Waals surface area contributed by atoms with Crippen LogP contribution in [0.25, 0.3) is 11.3 Å². The van der Waals surface area contributed by atoms with Crippen LogP contribution in [0, 0.1) is 5.92 Å². The molecule has 1 fully saturated rings. The second-order valence-electron chi connectivity index (χ2n) is 6.91. The van der Waals surface area contributed by atoms with Crippen molar-refractivity contribution in [2.24, 2.45) is 13.0 Å². The first-order valence-electron chi connectivity index (χ1n) is 9.20. The van der Waals surface area contributed by atoms with Crippen molar-refractivity contribution < 1.29 is 9.90 Å². The number of nitrogens with one attached hydrogen (secondary N) is 1. The molecule has 1 aliphatic carbocycles. The molecule has 5 nitrogen and oxygen atoms in total. The van der Waals surface area contributed by atoms with E-state index in [9.17, 15) is 9.90 Å². The topological polar surface area (TPSA) is 67.2 Å². The third-order valence-electron chi connectivity index (χ3n) is 5.14. The highest BCUT2D eigenvalue weighted by Crippen LogP contribution is 2.27. The zero-order valence-electron chi connectivity index (χ0n) is 14.8. The second-order valence-corrected chi connectivity index (χ2v) is 6.91. The molecule has 0 aliphatic heterocycles. The summed E-state index contributed by atoms with van der Waals surface area (Å²) < 4.78 is 1.74. The maximum absolute atomic E-state index is 12.6. The molecular weight excluding hydrogens is 314 g/mol. The molecule has 0 saturated heterocycles. The Bertz CT molecular complexity index is 696. The number of aliphatic hydroxyl groups excluding tert-OH is 1. The lowest BCUT2D eigenvalue weighted by Crippen LogP contribution is -2.28. The van der Waals surface area contributed by atoms with Crippen molar-refractivity contribution in [1.29, 1.82) is 0 Å². The van der Waals surface area contributed by atoms with Crippen LogP contribution < -0.4 is 5.32 Å². The van der Waals surface area contributed by atoms with Crippen molar-refractivity contribution in [3.8, 4) is 11.3 Å². The molecule has 2 atom stereocenters. The number of carbonyl (C=O) groups is 1. The first kappa shape index (κ1) is 17.7. The monoisotopic (exact) mass is 341 g/mol. The third-order valence-corrected chi connectivity index (χ3v) is 5.14. The van der Waals surface area contributed by atoms with Crippen LogP contribution in [0.15, 0.2) is 36.5 Å². The molecule has 1 aliphatic rings. The number of aryl methyl sites for hydroxylation is 1. The van der Waals surface area contributed by atoms with Gasteiger partial charge >= 0.3 is 0 Å². The maximum Gasteiger partial charge on any atom is 0.255 e. The molecule has 1 aromatic heterocycles. The number of carbonyl (C=O) groups excluding carboxylic acids is 1. The summed E-state index contributed by atoms with van der Waals surface area (Å²) in [6.45, 7) is 0.630. The zero-order valence-corrected chi connectivity index (χ0v) is 14.8. The van der Waals surface area contributed by atoms with Crippen LogP contribution in [0.4, 0.5) is 0 Å². The Labute approximate surface area is 149 Å². The van der Waals surface area contributed by atoms with Gasteiger partial charge in [0.2, 0.25) is 0 Å². The molecule has 1 amide bonds. The zero-order chi connectivity index (χ0) is 17.6. The summed E-state index contributed by atoms with van der Waals surface area (Å²) >= 11 is 0. The Morgan fingerprint density at radius 1 is 1.28 bits per heavy atom. The number of hydrogen-bond donors (Lipinski definition) is 2. The SMILES string of the molecule is Cn1ncc(C(=O)NCCCC2CCCCC2O)c1-c1ccccc1. The molecule has 2 N–H and O–H groups in total. The first-order chi connectivity index (χ1) is 12.2. The average molecular weight is 341 g/mol. The van der Waals surface area contributed by atoms with Crippen LogP contribution in [-0.2, 0) is 7.05 Å². The number of benzene rings is 1. The van der Waals surface area contributed by atoms with Gasteiger partial charge in [0.25, 0.3) is 5.91 Å². The molecule has 3 rings (SSSR count). The fourth-order valence-corrected chi connectivity index (χ4v) is 3.73. The molecule has 1 aromatic carbocycles. The van der Waals surface area contributed by atoms with Gasteiger partial charge in [-0.3, -0.25) is 9.48 Å². The van der Waals surface area contributed by atoms with E-state index in [1.807, 2.05) is 37.4 Å². The van der Waals surface area contributed by atoms with Crippen molar-refractivity contribution in [3.63, 3.8) is 0 Å². The van der Waals surface area contributed by atoms with Crippen molar-refractivity contribution >= 4 is 5.91 Å². The highest BCUT2D eigenvalue weighted by Gasteiger charge is 2.22. The van der Waals surface area contributed by atoms with Crippen LogP contribution in [-0.4, -0.2) is 33.4 Å². The van der Waals surface area contributed by atoms with Gasteiger partial charge in [-0.15, -0.1) is 0 Å². The number of hydrogen-bond acceptors (Lipinski definition) is 3. The Kier molecular flexibility index (Phi) is 5.87. The van der Waals surface area contributed by atoms with E-state index >= 15 is 0 Å². The quantitative estimate of drug-likeness (QED) is 0.793. The van der Waals surface area contributed by atoms with Gasteiger partial charge in [0.1, 0.15) is 0 Å². The fraction of sp³-hybridized carbons (Fsp3) is 0.500. The largest absolute Gasteiger partial charge is 0.393 e. The highest BCUT2D eigenvalue weighted by molar-refractivity contribution is 5.99. The first-order valence-corrected chi connectivity index (χ1v) is 9.20. The average Bonchev–Trinajstić information content (AvgIpc) is 3.02. The minimum absolute atomic E-state index is 0.0869. The molecular formula is C20H27N3O2. The third kappa shape index (κ3) is 4.28. The van der Waals surface area contributed by atoms with Crippen molar-refractivity contribution in [3.05, 3.63) is 42.1 Å². The van der Waals surface area contributed by atoms with Crippen LogP contribution >= 0.6 is 0 Å². The number of rotatable bonds is 6. The Morgan fingerprint density at radius 3 is 2.80 bits per heavy atom. The van der Waals surface area contributed by atoms with Crippen LogP contribution in [0.2, 0.25) is 0 Å². The molecule has 5 heteroatoms. The Morgan fingerprint density at radius 2 is 2.04 bits per heavy atom. The molecule has 2 aromatic rings. The van der Waals surface area contributed by atoms with Crippen molar-refractivity contribution in [2.45, 2.75) is 44.6 Å². The van der Waals surface area contributed by atoms with Crippen molar-refractivity contribution in [1.82, 2.24) is 15.1 Å². The van der Waals surface area contributed by atoms with E-state index in [-0.39, 0.29) is 12.0 Å². The number of amides is 1. The summed E-state index contributed by atoms with van der Waals surface area (Å²) in [5.74, 6) is 0.306. The minimum atomic E-state index is -0.160. The predicted molar refractivity (Wildman–Crippen MR) is 98.2 cm³/mol. The van der Waals surface area contributed by atoms with Gasteiger partial charge < -0.3 is 10.4 Å². The Hall–Kier alpha value is -2.14. The van der Waals surface area contributed by atoms with Gasteiger partial charge in [-0.2, -0.15) is 5.10 Å². The lowest BCUT2D eigenvalue weighted by Gasteiger charge is -2.27. The lowest BCUT2D eigenvalue weighted by molar-refractivity contribution is 0.0641. The van der Waals surface area contributed by atoms with Gasteiger partial charge in [-0.25, -0.2) is 0 Å². The van der Waals surface area contributed by atoms with E-state index in [2.05, 4.69) is 10.4 Å². The lowest BCUT2D eigenvalue weighted by atomic mass is 9.83. The van der Waals surface area contributed by atoms with E-state index in [4.69, 9.17) is 0 Å². The second kappa shape index (κ2) is 8.30. The summed E-state index contributed by atoms with van der Waals surface area (Å²) in [6.07, 6.45) is 7.72. The van der Waals surface area contributed by atoms with Crippen LogP contribution in [0.3, 0.4) is 0 Å². The molecule has 1 heterocycles. The molecule has 0 spiro atoms. The van der Waals surface area contributed by atoms with Crippen LogP contribution in [0.5, 0.6) is 0 Å². The molecule has 134 valence electrons. The van der Waals surface area contributed by atoms with E-state index < -0.39 is 0 Å². The number of nitrogens with zero attached hydrogens (tertiary/aromatic N) is 2. The summed E-state index contributed by atoms with van der Waals surface area (Å²) in [6, 6.07) is 9.84. The van der Waals surface area contributed by atoms with E-state index in [1.54, 1.807) is 10.9 Å². The van der Waals surface area contributed by atoms with Gasteiger partial charge in [0.05, 0.1) is 23.6 Å². The van der Waals surface area contributed by atoms with Crippen LogP contribution in [0.1, 0.15) is 48.9 Å². The maximum atomic E-state index is 12.6. The van der Waals surface area contributed by atoms with E-state index in [1.165, 1.54) is 6.42 Å². The number of aliphatic hydroxyl groups is 1. The van der Waals surface area contributed by atoms with Gasteiger partial charge in [0.15, 0.2) is 0 Å². The minimum Gasteiger partial charge on any atom is -0.393 e. The summed E-state index contributed by atoms with van der Waals surface area (Å²) in [5, 5.41) is 17.3. The molecule has 0 bridgehead atoms. The highest BCUT2D eigenvalue weighted by atomic mass is 16.3. The molecule has 25 heavy (non-hydrogen) atoms. The normalized spacial score (nSPS) is 20.4. The van der Waals surface area contributed by atoms with Gasteiger partial charge in [0, 0.05) is 19.2 Å². The van der Waals surface area contributed by atoms with Gasteiger partial charge in [-0.05, 0) is 31.6 Å². The van der Waals surface area contributed by atoms with Crippen molar-refractivity contribution in [2.75, 3.05) is 6.54 Å². The number of aromatic nitrogens is 2. The van der Waals surface area contributed by atoms with E-state index in [0.29, 0.717) is 18.0 Å². The molecule has 0 radical (unpaired) electrons. The Balaban J connectivity index is 1.55. The summed E-state index contributed by atoms with van der Waals surface area (Å²) in [4.78, 5) is 12.6. The smallest absolute Gasteiger partial charge is 0.255 e.